The van der Waals surface area contributed by atoms with Gasteiger partial charge in [-0.2, -0.15) is 5.26 Å². The van der Waals surface area contributed by atoms with E-state index in [9.17, 15) is 4.79 Å². The van der Waals surface area contributed by atoms with Crippen LogP contribution in [0.15, 0.2) is 23.1 Å². The highest BCUT2D eigenvalue weighted by Gasteiger charge is 2.03. The zero-order valence-corrected chi connectivity index (χ0v) is 10.1. The number of thioether (sulfide) groups is 1. The van der Waals surface area contributed by atoms with E-state index in [1.165, 1.54) is 7.11 Å². The van der Waals surface area contributed by atoms with Crippen LogP contribution in [-0.4, -0.2) is 18.8 Å². The first-order valence-corrected chi connectivity index (χ1v) is 5.86. The Morgan fingerprint density at radius 1 is 1.56 bits per heavy atom. The Kier molecular flexibility index (Phi) is 4.87. The van der Waals surface area contributed by atoms with Crippen molar-refractivity contribution in [2.45, 2.75) is 18.2 Å². The fraction of sp³-hybridized carbons (Fsp3) is 0.333. The third kappa shape index (κ3) is 3.59. The molecular weight excluding hydrogens is 222 g/mol. The summed E-state index contributed by atoms with van der Waals surface area (Å²) < 4.78 is 4.56. The Balaban J connectivity index is 2.55. The molecule has 0 aromatic heterocycles. The second kappa shape index (κ2) is 6.19. The maximum absolute atomic E-state index is 10.9. The van der Waals surface area contributed by atoms with Gasteiger partial charge in [0.1, 0.15) is 0 Å². The number of hydrogen-bond donors (Lipinski definition) is 0. The van der Waals surface area contributed by atoms with E-state index in [-0.39, 0.29) is 5.97 Å². The van der Waals surface area contributed by atoms with Crippen molar-refractivity contribution in [1.82, 2.24) is 0 Å². The lowest BCUT2D eigenvalue weighted by atomic mass is 10.2. The lowest BCUT2D eigenvalue weighted by Crippen LogP contribution is -2.01. The highest BCUT2D eigenvalue weighted by molar-refractivity contribution is 7.99. The number of benzene rings is 1. The lowest BCUT2D eigenvalue weighted by Gasteiger charge is -2.05. The molecule has 0 bridgehead atoms. The summed E-state index contributed by atoms with van der Waals surface area (Å²) in [5.74, 6) is 0.498. The monoisotopic (exact) mass is 235 g/mol. The molecule has 0 N–H and O–H groups in total. The molecule has 0 aliphatic heterocycles. The maximum atomic E-state index is 10.9. The van der Waals surface area contributed by atoms with E-state index < -0.39 is 0 Å². The third-order valence-corrected chi connectivity index (χ3v) is 3.27. The Bertz CT molecular complexity index is 424. The standard InChI is InChI=1S/C12H13NO2S/c1-9-7-10(8-13)3-4-11(9)16-6-5-12(14)15-2/h3-4,7H,5-6H2,1-2H3. The molecule has 3 nitrogen and oxygen atoms in total. The number of methoxy groups -OCH3 is 1. The Labute approximate surface area is 99.4 Å². The van der Waals surface area contributed by atoms with Gasteiger partial charge in [0, 0.05) is 10.6 Å². The van der Waals surface area contributed by atoms with Crippen molar-refractivity contribution >= 4 is 17.7 Å². The van der Waals surface area contributed by atoms with Crippen LogP contribution < -0.4 is 0 Å². The van der Waals surface area contributed by atoms with E-state index in [1.54, 1.807) is 17.8 Å². The van der Waals surface area contributed by atoms with Gasteiger partial charge in [-0.3, -0.25) is 4.79 Å². The van der Waals surface area contributed by atoms with E-state index in [2.05, 4.69) is 10.8 Å². The molecule has 0 amide bonds. The number of carbonyl (C=O) groups is 1. The highest BCUT2D eigenvalue weighted by Crippen LogP contribution is 2.23. The van der Waals surface area contributed by atoms with Crippen molar-refractivity contribution in [2.75, 3.05) is 12.9 Å². The van der Waals surface area contributed by atoms with Crippen molar-refractivity contribution in [1.29, 1.82) is 5.26 Å². The zero-order valence-electron chi connectivity index (χ0n) is 9.32. The molecule has 0 unspecified atom stereocenters. The van der Waals surface area contributed by atoms with Gasteiger partial charge >= 0.3 is 5.97 Å². The fourth-order valence-corrected chi connectivity index (χ4v) is 2.17. The smallest absolute Gasteiger partial charge is 0.306 e. The van der Waals surface area contributed by atoms with Gasteiger partial charge in [0.25, 0.3) is 0 Å². The molecule has 0 aliphatic carbocycles. The van der Waals surface area contributed by atoms with Gasteiger partial charge in [-0.1, -0.05) is 0 Å². The molecule has 1 aromatic rings. The molecule has 4 heteroatoms. The van der Waals surface area contributed by atoms with E-state index in [4.69, 9.17) is 5.26 Å². The van der Waals surface area contributed by atoms with Crippen LogP contribution in [-0.2, 0) is 9.53 Å². The quantitative estimate of drug-likeness (QED) is 0.594. The van der Waals surface area contributed by atoms with Crippen LogP contribution in [0.3, 0.4) is 0 Å². The van der Waals surface area contributed by atoms with Crippen LogP contribution in [0.1, 0.15) is 17.5 Å². The molecule has 0 saturated carbocycles. The summed E-state index contributed by atoms with van der Waals surface area (Å²) in [6.45, 7) is 1.96. The molecule has 84 valence electrons. The minimum absolute atomic E-state index is 0.196. The van der Waals surface area contributed by atoms with E-state index in [0.717, 1.165) is 10.5 Å². The summed E-state index contributed by atoms with van der Waals surface area (Å²) in [7, 11) is 1.39. The number of ether oxygens (including phenoxy) is 1. The molecule has 0 saturated heterocycles. The normalized spacial score (nSPS) is 9.56. The summed E-state index contributed by atoms with van der Waals surface area (Å²) in [6, 6.07) is 7.64. The van der Waals surface area contributed by atoms with Crippen LogP contribution in [0.25, 0.3) is 0 Å². The minimum atomic E-state index is -0.196. The number of nitrogens with zero attached hydrogens (tertiary/aromatic N) is 1. The molecule has 0 heterocycles. The maximum Gasteiger partial charge on any atom is 0.306 e. The SMILES string of the molecule is COC(=O)CCSc1ccc(C#N)cc1C. The number of rotatable bonds is 4. The fourth-order valence-electron chi connectivity index (χ4n) is 1.23. The lowest BCUT2D eigenvalue weighted by molar-refractivity contribution is -0.140. The van der Waals surface area contributed by atoms with Gasteiger partial charge in [-0.05, 0) is 30.7 Å². The van der Waals surface area contributed by atoms with Gasteiger partial charge in [0.2, 0.25) is 0 Å². The van der Waals surface area contributed by atoms with E-state index in [1.807, 2.05) is 19.1 Å². The van der Waals surface area contributed by atoms with Gasteiger partial charge in [0.15, 0.2) is 0 Å². The average Bonchev–Trinajstić information content (AvgIpc) is 2.30. The summed E-state index contributed by atoms with van der Waals surface area (Å²) in [5.41, 5.74) is 1.73. The largest absolute Gasteiger partial charge is 0.469 e. The first-order chi connectivity index (χ1) is 7.67. The number of hydrogen-bond acceptors (Lipinski definition) is 4. The third-order valence-electron chi connectivity index (χ3n) is 2.10. The Morgan fingerprint density at radius 3 is 2.88 bits per heavy atom. The predicted molar refractivity (Wildman–Crippen MR) is 63.3 cm³/mol. The molecule has 0 radical (unpaired) electrons. The molecule has 0 aliphatic rings. The van der Waals surface area contributed by atoms with Crippen LogP contribution in [0, 0.1) is 18.3 Å². The van der Waals surface area contributed by atoms with Crippen LogP contribution >= 0.6 is 11.8 Å². The molecule has 1 aromatic carbocycles. The van der Waals surface area contributed by atoms with Crippen molar-refractivity contribution in [3.8, 4) is 6.07 Å². The predicted octanol–water partition coefficient (Wildman–Crippen LogP) is 2.52. The van der Waals surface area contributed by atoms with Crippen molar-refractivity contribution in [3.05, 3.63) is 29.3 Å². The van der Waals surface area contributed by atoms with Crippen LogP contribution in [0.2, 0.25) is 0 Å². The topological polar surface area (TPSA) is 50.1 Å². The van der Waals surface area contributed by atoms with Gasteiger partial charge in [-0.15, -0.1) is 11.8 Å². The summed E-state index contributed by atoms with van der Waals surface area (Å²) in [5, 5.41) is 8.72. The van der Waals surface area contributed by atoms with Crippen LogP contribution in [0.5, 0.6) is 0 Å². The van der Waals surface area contributed by atoms with E-state index >= 15 is 0 Å². The van der Waals surface area contributed by atoms with Crippen molar-refractivity contribution in [3.63, 3.8) is 0 Å². The molecule has 16 heavy (non-hydrogen) atoms. The van der Waals surface area contributed by atoms with Crippen LogP contribution in [0.4, 0.5) is 0 Å². The zero-order chi connectivity index (χ0) is 12.0. The van der Waals surface area contributed by atoms with Gasteiger partial charge in [0.05, 0.1) is 25.2 Å². The molecular formula is C12H13NO2S. The first-order valence-electron chi connectivity index (χ1n) is 4.87. The first kappa shape index (κ1) is 12.6. The molecule has 0 fully saturated rings. The number of esters is 1. The number of aryl methyl sites for hydroxylation is 1. The molecule has 1 rings (SSSR count). The summed E-state index contributed by atoms with van der Waals surface area (Å²) >= 11 is 1.60. The van der Waals surface area contributed by atoms with Crippen molar-refractivity contribution < 1.29 is 9.53 Å². The van der Waals surface area contributed by atoms with Gasteiger partial charge in [-0.25, -0.2) is 0 Å². The minimum Gasteiger partial charge on any atom is -0.469 e. The Hall–Kier alpha value is -1.47. The Morgan fingerprint density at radius 2 is 2.31 bits per heavy atom. The van der Waals surface area contributed by atoms with Gasteiger partial charge < -0.3 is 4.74 Å². The number of nitriles is 1. The summed E-state index contributed by atoms with van der Waals surface area (Å²) in [4.78, 5) is 12.0. The highest BCUT2D eigenvalue weighted by atomic mass is 32.2. The second-order valence-electron chi connectivity index (χ2n) is 3.27. The molecule has 0 atom stereocenters. The average molecular weight is 235 g/mol. The number of carbonyl (C=O) groups excluding carboxylic acids is 1. The summed E-state index contributed by atoms with van der Waals surface area (Å²) in [6.07, 6.45) is 0.403. The van der Waals surface area contributed by atoms with Crippen molar-refractivity contribution in [2.24, 2.45) is 0 Å². The van der Waals surface area contributed by atoms with E-state index in [0.29, 0.717) is 17.7 Å². The second-order valence-corrected chi connectivity index (χ2v) is 4.40. The molecule has 0 spiro atoms.